The van der Waals surface area contributed by atoms with Gasteiger partial charge < -0.3 is 0 Å². The van der Waals surface area contributed by atoms with E-state index in [-0.39, 0.29) is 11.7 Å². The van der Waals surface area contributed by atoms with Gasteiger partial charge in [0.05, 0.1) is 22.3 Å². The Morgan fingerprint density at radius 1 is 1.29 bits per heavy atom. The minimum absolute atomic E-state index is 0.0434. The zero-order valence-corrected chi connectivity index (χ0v) is 14.4. The fourth-order valence-electron chi connectivity index (χ4n) is 2.63. The highest BCUT2D eigenvalue weighted by atomic mass is 79.9. The average Bonchev–Trinajstić information content (AvgIpc) is 2.76. The van der Waals surface area contributed by atoms with Crippen molar-refractivity contribution in [2.75, 3.05) is 0 Å². The number of benzene rings is 1. The Morgan fingerprint density at radius 2 is 1.95 bits per heavy atom. The molecule has 2 aromatic rings. The zero-order valence-electron chi connectivity index (χ0n) is 12.8. The summed E-state index contributed by atoms with van der Waals surface area (Å²) >= 11 is 3.58. The third-order valence-corrected chi connectivity index (χ3v) is 4.76. The van der Waals surface area contributed by atoms with Gasteiger partial charge in [-0.15, -0.1) is 0 Å². The third-order valence-electron chi connectivity index (χ3n) is 3.84. The van der Waals surface area contributed by atoms with E-state index in [2.05, 4.69) is 34.9 Å². The van der Waals surface area contributed by atoms with E-state index in [9.17, 15) is 4.79 Å². The van der Waals surface area contributed by atoms with Gasteiger partial charge in [0.25, 0.3) is 0 Å². The number of rotatable bonds is 6. The normalized spacial score (nSPS) is 12.4. The van der Waals surface area contributed by atoms with Crippen LogP contribution < -0.4 is 0 Å². The summed E-state index contributed by atoms with van der Waals surface area (Å²) in [5.74, 6) is 0.202. The predicted molar refractivity (Wildman–Crippen MR) is 88.5 cm³/mol. The van der Waals surface area contributed by atoms with Gasteiger partial charge in [-0.2, -0.15) is 5.10 Å². The van der Waals surface area contributed by atoms with Crippen LogP contribution in [0.3, 0.4) is 0 Å². The molecule has 0 spiro atoms. The number of halogens is 1. The Kier molecular flexibility index (Phi) is 5.34. The maximum atomic E-state index is 12.7. The van der Waals surface area contributed by atoms with E-state index in [0.29, 0.717) is 6.42 Å². The van der Waals surface area contributed by atoms with Crippen molar-refractivity contribution in [1.82, 2.24) is 9.78 Å². The van der Waals surface area contributed by atoms with Crippen molar-refractivity contribution < 1.29 is 4.79 Å². The van der Waals surface area contributed by atoms with Crippen LogP contribution in [-0.2, 0) is 24.7 Å². The molecule has 1 unspecified atom stereocenters. The monoisotopic (exact) mass is 348 g/mol. The molecule has 1 aromatic heterocycles. The maximum Gasteiger partial charge on any atom is 0.146 e. The molecule has 0 N–H and O–H groups in total. The van der Waals surface area contributed by atoms with E-state index >= 15 is 0 Å². The number of hydrogen-bond acceptors (Lipinski definition) is 2. The van der Waals surface area contributed by atoms with E-state index in [0.717, 1.165) is 34.3 Å². The molecule has 112 valence electrons. The van der Waals surface area contributed by atoms with Gasteiger partial charge in [-0.3, -0.25) is 9.48 Å². The highest BCUT2D eigenvalue weighted by molar-refractivity contribution is 9.10. The van der Waals surface area contributed by atoms with E-state index in [1.165, 1.54) is 0 Å². The topological polar surface area (TPSA) is 34.9 Å². The fraction of sp³-hybridized carbons (Fsp3) is 0.412. The lowest BCUT2D eigenvalue weighted by Crippen LogP contribution is -2.16. The van der Waals surface area contributed by atoms with Gasteiger partial charge in [0.1, 0.15) is 5.78 Å². The van der Waals surface area contributed by atoms with Crippen LogP contribution in [0.1, 0.15) is 43.1 Å². The molecule has 1 aromatic carbocycles. The quantitative estimate of drug-likeness (QED) is 0.789. The van der Waals surface area contributed by atoms with Crippen LogP contribution in [0, 0.1) is 0 Å². The number of carbonyl (C=O) groups excluding carboxylic acids is 1. The van der Waals surface area contributed by atoms with Crippen molar-refractivity contribution in [1.29, 1.82) is 0 Å². The molecule has 0 aliphatic rings. The first-order valence-corrected chi connectivity index (χ1v) is 8.15. The van der Waals surface area contributed by atoms with Crippen LogP contribution in [0.25, 0.3) is 0 Å². The third kappa shape index (κ3) is 3.43. The van der Waals surface area contributed by atoms with Crippen molar-refractivity contribution in [2.24, 2.45) is 7.05 Å². The summed E-state index contributed by atoms with van der Waals surface area (Å²) in [7, 11) is 1.90. The lowest BCUT2D eigenvalue weighted by atomic mass is 9.90. The minimum Gasteiger partial charge on any atom is -0.299 e. The number of aromatic nitrogens is 2. The molecule has 0 aliphatic heterocycles. The number of ketones is 1. The summed E-state index contributed by atoms with van der Waals surface area (Å²) in [6, 6.07) is 10.0. The predicted octanol–water partition coefficient (Wildman–Crippen LogP) is 4.05. The second-order valence-electron chi connectivity index (χ2n) is 5.20. The molecule has 0 amide bonds. The van der Waals surface area contributed by atoms with E-state index in [1.54, 1.807) is 0 Å². The lowest BCUT2D eigenvalue weighted by Gasteiger charge is -2.14. The van der Waals surface area contributed by atoms with Crippen LogP contribution in [-0.4, -0.2) is 15.6 Å². The van der Waals surface area contributed by atoms with E-state index < -0.39 is 0 Å². The van der Waals surface area contributed by atoms with E-state index in [1.807, 2.05) is 42.1 Å². The first kappa shape index (κ1) is 16.0. The van der Waals surface area contributed by atoms with Crippen molar-refractivity contribution in [2.45, 2.75) is 39.0 Å². The number of carbonyl (C=O) groups is 1. The van der Waals surface area contributed by atoms with Crippen molar-refractivity contribution in [3.63, 3.8) is 0 Å². The van der Waals surface area contributed by atoms with Gasteiger partial charge >= 0.3 is 0 Å². The fourth-order valence-corrected chi connectivity index (χ4v) is 3.39. The van der Waals surface area contributed by atoms with Crippen LogP contribution in [0.4, 0.5) is 0 Å². The minimum atomic E-state index is -0.0434. The first-order valence-electron chi connectivity index (χ1n) is 7.36. The summed E-state index contributed by atoms with van der Waals surface area (Å²) < 4.78 is 2.79. The SMILES string of the molecule is CCc1nn(C)c(CC(=O)C(CC)c2ccccc2)c1Br. The van der Waals surface area contributed by atoms with Crippen LogP contribution >= 0.6 is 15.9 Å². The smallest absolute Gasteiger partial charge is 0.146 e. The summed E-state index contributed by atoms with van der Waals surface area (Å²) in [5, 5.41) is 4.46. The summed E-state index contributed by atoms with van der Waals surface area (Å²) in [4.78, 5) is 12.7. The molecule has 0 saturated heterocycles. The molecule has 1 heterocycles. The van der Waals surface area contributed by atoms with Crippen LogP contribution in [0.5, 0.6) is 0 Å². The molecule has 0 fully saturated rings. The Hall–Kier alpha value is -1.42. The zero-order chi connectivity index (χ0) is 15.4. The Labute approximate surface area is 134 Å². The first-order chi connectivity index (χ1) is 10.1. The molecule has 0 bridgehead atoms. The Morgan fingerprint density at radius 3 is 2.48 bits per heavy atom. The summed E-state index contributed by atoms with van der Waals surface area (Å²) in [6.07, 6.45) is 2.09. The largest absolute Gasteiger partial charge is 0.299 e. The summed E-state index contributed by atoms with van der Waals surface area (Å²) in [5.41, 5.74) is 3.07. The molecule has 3 nitrogen and oxygen atoms in total. The summed E-state index contributed by atoms with van der Waals surface area (Å²) in [6.45, 7) is 4.13. The molecule has 1 atom stereocenters. The number of hydrogen-bond donors (Lipinski definition) is 0. The second-order valence-corrected chi connectivity index (χ2v) is 5.99. The molecule has 21 heavy (non-hydrogen) atoms. The van der Waals surface area contributed by atoms with Crippen molar-refractivity contribution >= 4 is 21.7 Å². The number of nitrogens with zero attached hydrogens (tertiary/aromatic N) is 2. The van der Waals surface area contributed by atoms with E-state index in [4.69, 9.17) is 0 Å². The lowest BCUT2D eigenvalue weighted by molar-refractivity contribution is -0.120. The molecular weight excluding hydrogens is 328 g/mol. The number of Topliss-reactive ketones (excluding diaryl/α,β-unsaturated/α-hetero) is 1. The highest BCUT2D eigenvalue weighted by Crippen LogP contribution is 2.26. The molecule has 2 rings (SSSR count). The maximum absolute atomic E-state index is 12.7. The standard InChI is InChI=1S/C17H21BrN2O/c1-4-13(12-9-7-6-8-10-12)16(21)11-15-17(18)14(5-2)19-20(15)3/h6-10,13H,4-5,11H2,1-3H3. The van der Waals surface area contributed by atoms with Crippen LogP contribution in [0.15, 0.2) is 34.8 Å². The van der Waals surface area contributed by atoms with Gasteiger partial charge in [0.15, 0.2) is 0 Å². The van der Waals surface area contributed by atoms with Gasteiger partial charge in [0, 0.05) is 13.0 Å². The number of aryl methyl sites for hydroxylation is 2. The Balaban J connectivity index is 2.23. The molecule has 4 heteroatoms. The van der Waals surface area contributed by atoms with Gasteiger partial charge in [-0.05, 0) is 34.3 Å². The second kappa shape index (κ2) is 7.03. The highest BCUT2D eigenvalue weighted by Gasteiger charge is 2.22. The molecule has 0 aliphatic carbocycles. The molecule has 0 radical (unpaired) electrons. The van der Waals surface area contributed by atoms with Gasteiger partial charge in [0.2, 0.25) is 0 Å². The van der Waals surface area contributed by atoms with Gasteiger partial charge in [-0.25, -0.2) is 0 Å². The van der Waals surface area contributed by atoms with Crippen LogP contribution in [0.2, 0.25) is 0 Å². The van der Waals surface area contributed by atoms with Crippen molar-refractivity contribution in [3.8, 4) is 0 Å². The van der Waals surface area contributed by atoms with Gasteiger partial charge in [-0.1, -0.05) is 44.2 Å². The molecule has 0 saturated carbocycles. The Bertz CT molecular complexity index is 619. The van der Waals surface area contributed by atoms with Crippen molar-refractivity contribution in [3.05, 3.63) is 51.8 Å². The molecular formula is C17H21BrN2O. The average molecular weight is 349 g/mol.